The van der Waals surface area contributed by atoms with Crippen molar-refractivity contribution in [3.63, 3.8) is 0 Å². The Morgan fingerprint density at radius 1 is 1.46 bits per heavy atom. The molecule has 0 aromatic rings. The van der Waals surface area contributed by atoms with Gasteiger partial charge in [0, 0.05) is 6.54 Å². The van der Waals surface area contributed by atoms with Gasteiger partial charge < -0.3 is 9.64 Å². The van der Waals surface area contributed by atoms with Crippen LogP contribution in [0.25, 0.3) is 0 Å². The van der Waals surface area contributed by atoms with Gasteiger partial charge in [0.1, 0.15) is 0 Å². The summed E-state index contributed by atoms with van der Waals surface area (Å²) in [6.45, 7) is 5.42. The Labute approximate surface area is 80.1 Å². The Hall–Kier alpha value is -0.570. The van der Waals surface area contributed by atoms with Crippen LogP contribution in [0.4, 0.5) is 0 Å². The van der Waals surface area contributed by atoms with Crippen molar-refractivity contribution in [1.29, 1.82) is 0 Å². The smallest absolute Gasteiger partial charge is 0.306 e. The van der Waals surface area contributed by atoms with Crippen LogP contribution in [-0.4, -0.2) is 37.6 Å². The molecule has 0 N–H and O–H groups in total. The standard InChI is InChI=1S/C10H19NO2/c1-9-3-6-11(7-4-9)8-5-10(12)13-2/h9H,3-8H2,1-2H3. The molecule has 0 unspecified atom stereocenters. The molecular weight excluding hydrogens is 166 g/mol. The van der Waals surface area contributed by atoms with E-state index in [1.807, 2.05) is 0 Å². The fourth-order valence-electron chi connectivity index (χ4n) is 1.64. The normalized spacial score (nSPS) is 20.2. The third-order valence-corrected chi connectivity index (χ3v) is 2.74. The zero-order valence-corrected chi connectivity index (χ0v) is 8.58. The molecule has 0 aliphatic carbocycles. The van der Waals surface area contributed by atoms with E-state index in [9.17, 15) is 4.79 Å². The van der Waals surface area contributed by atoms with Gasteiger partial charge in [-0.25, -0.2) is 0 Å². The number of carbonyl (C=O) groups excluding carboxylic acids is 1. The summed E-state index contributed by atoms with van der Waals surface area (Å²) in [5, 5.41) is 0. The average Bonchev–Trinajstić information content (AvgIpc) is 2.16. The van der Waals surface area contributed by atoms with E-state index in [0.29, 0.717) is 6.42 Å². The van der Waals surface area contributed by atoms with E-state index in [-0.39, 0.29) is 5.97 Å². The molecule has 0 aromatic carbocycles. The maximum Gasteiger partial charge on any atom is 0.306 e. The highest BCUT2D eigenvalue weighted by Crippen LogP contribution is 2.15. The van der Waals surface area contributed by atoms with Crippen molar-refractivity contribution in [1.82, 2.24) is 4.90 Å². The summed E-state index contributed by atoms with van der Waals surface area (Å²) in [5.41, 5.74) is 0. The van der Waals surface area contributed by atoms with Gasteiger partial charge in [-0.2, -0.15) is 0 Å². The van der Waals surface area contributed by atoms with Crippen LogP contribution in [0.1, 0.15) is 26.2 Å². The van der Waals surface area contributed by atoms with Crippen LogP contribution in [-0.2, 0) is 9.53 Å². The maximum atomic E-state index is 10.9. The molecule has 13 heavy (non-hydrogen) atoms. The van der Waals surface area contributed by atoms with Gasteiger partial charge in [-0.1, -0.05) is 6.92 Å². The summed E-state index contributed by atoms with van der Waals surface area (Å²) in [4.78, 5) is 13.2. The van der Waals surface area contributed by atoms with Crippen molar-refractivity contribution >= 4 is 5.97 Å². The molecule has 1 rings (SSSR count). The van der Waals surface area contributed by atoms with E-state index in [4.69, 9.17) is 0 Å². The largest absolute Gasteiger partial charge is 0.469 e. The first-order valence-corrected chi connectivity index (χ1v) is 5.01. The molecule has 0 radical (unpaired) electrons. The lowest BCUT2D eigenvalue weighted by molar-refractivity contribution is -0.141. The SMILES string of the molecule is COC(=O)CCN1CCC(C)CC1. The lowest BCUT2D eigenvalue weighted by Crippen LogP contribution is -2.34. The summed E-state index contributed by atoms with van der Waals surface area (Å²) in [7, 11) is 1.45. The molecule has 1 saturated heterocycles. The van der Waals surface area contributed by atoms with Crippen molar-refractivity contribution in [3.05, 3.63) is 0 Å². The predicted octanol–water partition coefficient (Wildman–Crippen LogP) is 1.28. The first-order valence-electron chi connectivity index (χ1n) is 5.01. The molecule has 0 amide bonds. The second-order valence-electron chi connectivity index (χ2n) is 3.85. The van der Waals surface area contributed by atoms with Gasteiger partial charge in [-0.3, -0.25) is 4.79 Å². The van der Waals surface area contributed by atoms with Crippen LogP contribution >= 0.6 is 0 Å². The molecule has 0 atom stereocenters. The summed E-state index contributed by atoms with van der Waals surface area (Å²) >= 11 is 0. The molecule has 0 aromatic heterocycles. The molecule has 0 bridgehead atoms. The number of nitrogens with zero attached hydrogens (tertiary/aromatic N) is 1. The molecule has 1 fully saturated rings. The minimum absolute atomic E-state index is 0.0985. The van der Waals surface area contributed by atoms with E-state index in [1.54, 1.807) is 0 Å². The highest BCUT2D eigenvalue weighted by Gasteiger charge is 2.15. The number of carbonyl (C=O) groups is 1. The Balaban J connectivity index is 2.12. The maximum absolute atomic E-state index is 10.9. The minimum atomic E-state index is -0.0985. The van der Waals surface area contributed by atoms with Crippen LogP contribution in [0.2, 0.25) is 0 Å². The van der Waals surface area contributed by atoms with E-state index in [1.165, 1.54) is 20.0 Å². The van der Waals surface area contributed by atoms with Crippen LogP contribution in [0, 0.1) is 5.92 Å². The predicted molar refractivity (Wildman–Crippen MR) is 51.5 cm³/mol. The lowest BCUT2D eigenvalue weighted by Gasteiger charge is -2.29. The Morgan fingerprint density at radius 3 is 2.62 bits per heavy atom. The van der Waals surface area contributed by atoms with E-state index < -0.39 is 0 Å². The molecule has 0 spiro atoms. The summed E-state index contributed by atoms with van der Waals surface area (Å²) < 4.78 is 4.60. The van der Waals surface area contributed by atoms with E-state index in [0.717, 1.165) is 25.6 Å². The third-order valence-electron chi connectivity index (χ3n) is 2.74. The van der Waals surface area contributed by atoms with Gasteiger partial charge >= 0.3 is 5.97 Å². The van der Waals surface area contributed by atoms with Crippen molar-refractivity contribution < 1.29 is 9.53 Å². The highest BCUT2D eigenvalue weighted by molar-refractivity contribution is 5.69. The van der Waals surface area contributed by atoms with E-state index in [2.05, 4.69) is 16.6 Å². The second kappa shape index (κ2) is 5.22. The van der Waals surface area contributed by atoms with Gasteiger partial charge in [0.15, 0.2) is 0 Å². The number of methoxy groups -OCH3 is 1. The van der Waals surface area contributed by atoms with Crippen molar-refractivity contribution in [2.24, 2.45) is 5.92 Å². The topological polar surface area (TPSA) is 29.5 Å². The van der Waals surface area contributed by atoms with Crippen LogP contribution in [0.3, 0.4) is 0 Å². The number of ether oxygens (including phenoxy) is 1. The number of esters is 1. The zero-order valence-electron chi connectivity index (χ0n) is 8.58. The number of hydrogen-bond donors (Lipinski definition) is 0. The molecule has 3 nitrogen and oxygen atoms in total. The zero-order chi connectivity index (χ0) is 9.68. The van der Waals surface area contributed by atoms with Gasteiger partial charge in [0.25, 0.3) is 0 Å². The highest BCUT2D eigenvalue weighted by atomic mass is 16.5. The molecule has 1 aliphatic heterocycles. The summed E-state index contributed by atoms with van der Waals surface area (Å²) in [6.07, 6.45) is 3.06. The fraction of sp³-hybridized carbons (Fsp3) is 0.900. The van der Waals surface area contributed by atoms with Crippen LogP contribution < -0.4 is 0 Å². The molecule has 1 heterocycles. The quantitative estimate of drug-likeness (QED) is 0.620. The number of piperidine rings is 1. The van der Waals surface area contributed by atoms with Gasteiger partial charge in [0.2, 0.25) is 0 Å². The van der Waals surface area contributed by atoms with Gasteiger partial charge in [-0.15, -0.1) is 0 Å². The molecule has 0 saturated carbocycles. The molecule has 3 heteroatoms. The Bertz CT molecular complexity index is 162. The Kier molecular flexibility index (Phi) is 4.22. The minimum Gasteiger partial charge on any atom is -0.469 e. The van der Waals surface area contributed by atoms with Crippen LogP contribution in [0.5, 0.6) is 0 Å². The summed E-state index contributed by atoms with van der Waals surface area (Å²) in [6, 6.07) is 0. The Morgan fingerprint density at radius 2 is 2.08 bits per heavy atom. The van der Waals surface area contributed by atoms with Crippen molar-refractivity contribution in [3.8, 4) is 0 Å². The lowest BCUT2D eigenvalue weighted by atomic mass is 9.99. The second-order valence-corrected chi connectivity index (χ2v) is 3.85. The van der Waals surface area contributed by atoms with Crippen molar-refractivity contribution in [2.45, 2.75) is 26.2 Å². The monoisotopic (exact) mass is 185 g/mol. The summed E-state index contributed by atoms with van der Waals surface area (Å²) in [5.74, 6) is 0.757. The fourth-order valence-corrected chi connectivity index (χ4v) is 1.64. The first kappa shape index (κ1) is 10.5. The molecule has 76 valence electrons. The molecule has 1 aliphatic rings. The average molecular weight is 185 g/mol. The van der Waals surface area contributed by atoms with E-state index >= 15 is 0 Å². The number of hydrogen-bond acceptors (Lipinski definition) is 3. The van der Waals surface area contributed by atoms with Crippen LogP contribution in [0.15, 0.2) is 0 Å². The first-order chi connectivity index (χ1) is 6.22. The third kappa shape index (κ3) is 3.77. The van der Waals surface area contributed by atoms with Gasteiger partial charge in [-0.05, 0) is 31.8 Å². The van der Waals surface area contributed by atoms with Gasteiger partial charge in [0.05, 0.1) is 13.5 Å². The van der Waals surface area contributed by atoms with Crippen molar-refractivity contribution in [2.75, 3.05) is 26.7 Å². The number of rotatable bonds is 3. The molecular formula is C10H19NO2. The number of likely N-dealkylation sites (tertiary alicyclic amines) is 1.